The molecule has 1 aliphatic rings. The lowest BCUT2D eigenvalue weighted by molar-refractivity contribution is -0.171. The zero-order chi connectivity index (χ0) is 22.1. The van der Waals surface area contributed by atoms with Crippen LogP contribution >= 0.6 is 15.9 Å². The third kappa shape index (κ3) is 6.07. The van der Waals surface area contributed by atoms with Crippen LogP contribution in [0.1, 0.15) is 78.7 Å². The van der Waals surface area contributed by atoms with Crippen LogP contribution in [0.15, 0.2) is 4.47 Å². The SMILES string of the molecule is Cc1nc(N)c(C(OC(C)(C)C)C(=O)OC(C)C)c(N2CCC(C)(C)CC2)c1Br. The van der Waals surface area contributed by atoms with Crippen molar-refractivity contribution < 1.29 is 14.3 Å². The Kier molecular flexibility index (Phi) is 7.26. The Morgan fingerprint density at radius 2 is 1.79 bits per heavy atom. The second kappa shape index (κ2) is 8.80. The molecule has 0 aromatic carbocycles. The van der Waals surface area contributed by atoms with Crippen LogP contribution in [0, 0.1) is 12.3 Å². The number of piperidine rings is 1. The van der Waals surface area contributed by atoms with Gasteiger partial charge in [0.05, 0.1) is 33.1 Å². The van der Waals surface area contributed by atoms with Crippen LogP contribution < -0.4 is 10.6 Å². The maximum atomic E-state index is 13.1. The van der Waals surface area contributed by atoms with Gasteiger partial charge in [-0.2, -0.15) is 0 Å². The van der Waals surface area contributed by atoms with E-state index in [0.717, 1.165) is 41.8 Å². The number of nitrogens with two attached hydrogens (primary N) is 1. The van der Waals surface area contributed by atoms with Crippen molar-refractivity contribution in [2.45, 2.75) is 86.0 Å². The number of rotatable bonds is 5. The Labute approximate surface area is 183 Å². The number of hydrogen-bond donors (Lipinski definition) is 1. The van der Waals surface area contributed by atoms with Gasteiger partial charge in [0.15, 0.2) is 6.10 Å². The van der Waals surface area contributed by atoms with Gasteiger partial charge >= 0.3 is 5.97 Å². The maximum Gasteiger partial charge on any atom is 0.340 e. The minimum absolute atomic E-state index is 0.254. The molecule has 1 aromatic rings. The zero-order valence-electron chi connectivity index (χ0n) is 19.1. The number of halogens is 1. The number of aryl methyl sites for hydroxylation is 1. The van der Waals surface area contributed by atoms with E-state index in [1.807, 2.05) is 41.5 Å². The van der Waals surface area contributed by atoms with Crippen molar-refractivity contribution in [2.75, 3.05) is 23.7 Å². The zero-order valence-corrected chi connectivity index (χ0v) is 20.6. The summed E-state index contributed by atoms with van der Waals surface area (Å²) in [7, 11) is 0. The molecular weight excluding hydrogens is 434 g/mol. The second-order valence-corrected chi connectivity index (χ2v) is 10.7. The van der Waals surface area contributed by atoms with Gasteiger partial charge in [-0.25, -0.2) is 9.78 Å². The summed E-state index contributed by atoms with van der Waals surface area (Å²) in [4.78, 5) is 19.8. The molecule has 0 aliphatic carbocycles. The second-order valence-electron chi connectivity index (χ2n) is 9.91. The molecule has 1 unspecified atom stereocenters. The highest BCUT2D eigenvalue weighted by Crippen LogP contribution is 2.44. The summed E-state index contributed by atoms with van der Waals surface area (Å²) < 4.78 is 12.6. The number of anilines is 2. The number of hydrogen-bond acceptors (Lipinski definition) is 6. The molecule has 2 N–H and O–H groups in total. The van der Waals surface area contributed by atoms with Gasteiger partial charge in [-0.1, -0.05) is 13.8 Å². The molecule has 1 saturated heterocycles. The van der Waals surface area contributed by atoms with Crippen molar-refractivity contribution >= 4 is 33.4 Å². The van der Waals surface area contributed by atoms with Gasteiger partial charge < -0.3 is 20.1 Å². The number of pyridine rings is 1. The third-order valence-corrected chi connectivity index (χ3v) is 6.03. The molecule has 1 aromatic heterocycles. The lowest BCUT2D eigenvalue weighted by atomic mass is 9.82. The molecule has 2 rings (SSSR count). The van der Waals surface area contributed by atoms with Gasteiger partial charge in [0.1, 0.15) is 5.82 Å². The molecule has 6 nitrogen and oxygen atoms in total. The van der Waals surface area contributed by atoms with Crippen molar-refractivity contribution in [2.24, 2.45) is 5.41 Å². The van der Waals surface area contributed by atoms with Crippen molar-refractivity contribution in [1.29, 1.82) is 0 Å². The van der Waals surface area contributed by atoms with E-state index in [2.05, 4.69) is 39.7 Å². The van der Waals surface area contributed by atoms with Crippen LogP contribution in [0.25, 0.3) is 0 Å². The van der Waals surface area contributed by atoms with Crippen LogP contribution in [-0.2, 0) is 14.3 Å². The van der Waals surface area contributed by atoms with E-state index >= 15 is 0 Å². The highest BCUT2D eigenvalue weighted by Gasteiger charge is 2.37. The van der Waals surface area contributed by atoms with Crippen molar-refractivity contribution in [1.82, 2.24) is 4.98 Å². The van der Waals surface area contributed by atoms with Gasteiger partial charge in [0, 0.05) is 13.1 Å². The highest BCUT2D eigenvalue weighted by molar-refractivity contribution is 9.10. The van der Waals surface area contributed by atoms with Gasteiger partial charge in [0.25, 0.3) is 0 Å². The van der Waals surface area contributed by atoms with Crippen LogP contribution in [0.3, 0.4) is 0 Å². The molecule has 2 heterocycles. The lowest BCUT2D eigenvalue weighted by Crippen LogP contribution is -2.39. The highest BCUT2D eigenvalue weighted by atomic mass is 79.9. The Morgan fingerprint density at radius 3 is 2.28 bits per heavy atom. The average Bonchev–Trinajstić information content (AvgIpc) is 2.55. The largest absolute Gasteiger partial charge is 0.461 e. The molecule has 0 bridgehead atoms. The number of carbonyl (C=O) groups excluding carboxylic acids is 1. The van der Waals surface area contributed by atoms with Crippen molar-refractivity contribution in [3.63, 3.8) is 0 Å². The molecule has 1 aliphatic heterocycles. The van der Waals surface area contributed by atoms with Gasteiger partial charge in [0.2, 0.25) is 0 Å². The summed E-state index contributed by atoms with van der Waals surface area (Å²) in [6.45, 7) is 17.6. The predicted octanol–water partition coefficient (Wildman–Crippen LogP) is 5.17. The number of carbonyl (C=O) groups is 1. The Morgan fingerprint density at radius 1 is 1.24 bits per heavy atom. The molecular formula is C22H36BrN3O3. The van der Waals surface area contributed by atoms with E-state index in [1.54, 1.807) is 0 Å². The summed E-state index contributed by atoms with van der Waals surface area (Å²) >= 11 is 3.71. The summed E-state index contributed by atoms with van der Waals surface area (Å²) in [5, 5.41) is 0. The average molecular weight is 470 g/mol. The lowest BCUT2D eigenvalue weighted by Gasteiger charge is -2.40. The molecule has 164 valence electrons. The van der Waals surface area contributed by atoms with E-state index in [0.29, 0.717) is 16.8 Å². The molecule has 1 fully saturated rings. The first-order chi connectivity index (χ1) is 13.2. The molecule has 0 saturated carbocycles. The minimum atomic E-state index is -0.952. The van der Waals surface area contributed by atoms with Gasteiger partial charge in [-0.05, 0) is 75.7 Å². The Balaban J connectivity index is 2.60. The fraction of sp³-hybridized carbons (Fsp3) is 0.727. The number of nitrogen functional groups attached to an aromatic ring is 1. The normalized spacial score (nSPS) is 18.1. The van der Waals surface area contributed by atoms with Gasteiger partial charge in [-0.15, -0.1) is 0 Å². The van der Waals surface area contributed by atoms with Gasteiger partial charge in [-0.3, -0.25) is 0 Å². The summed E-state index contributed by atoms with van der Waals surface area (Å²) in [6, 6.07) is 0. The van der Waals surface area contributed by atoms with Crippen LogP contribution in [0.4, 0.5) is 11.5 Å². The van der Waals surface area contributed by atoms with E-state index in [4.69, 9.17) is 15.2 Å². The molecule has 0 radical (unpaired) electrons. The Hall–Kier alpha value is -1.34. The minimum Gasteiger partial charge on any atom is -0.461 e. The van der Waals surface area contributed by atoms with E-state index in [9.17, 15) is 4.79 Å². The van der Waals surface area contributed by atoms with Crippen LogP contribution in [0.2, 0.25) is 0 Å². The smallest absolute Gasteiger partial charge is 0.340 e. The summed E-state index contributed by atoms with van der Waals surface area (Å²) in [6.07, 6.45) is 0.908. The quantitative estimate of drug-likeness (QED) is 0.599. The predicted molar refractivity (Wildman–Crippen MR) is 121 cm³/mol. The number of esters is 1. The van der Waals surface area contributed by atoms with E-state index < -0.39 is 17.7 Å². The van der Waals surface area contributed by atoms with Crippen LogP contribution in [0.5, 0.6) is 0 Å². The first kappa shape index (κ1) is 23.9. The van der Waals surface area contributed by atoms with Crippen molar-refractivity contribution in [3.05, 3.63) is 15.7 Å². The topological polar surface area (TPSA) is 77.7 Å². The molecule has 0 spiro atoms. The van der Waals surface area contributed by atoms with E-state index in [1.165, 1.54) is 0 Å². The Bertz CT molecular complexity index is 747. The third-order valence-electron chi connectivity index (χ3n) is 5.08. The first-order valence-electron chi connectivity index (χ1n) is 10.3. The molecule has 1 atom stereocenters. The summed E-state index contributed by atoms with van der Waals surface area (Å²) in [5.74, 6) is -0.141. The van der Waals surface area contributed by atoms with Crippen molar-refractivity contribution in [3.8, 4) is 0 Å². The van der Waals surface area contributed by atoms with Crippen LogP contribution in [-0.4, -0.2) is 35.7 Å². The molecule has 29 heavy (non-hydrogen) atoms. The monoisotopic (exact) mass is 469 g/mol. The molecule has 7 heteroatoms. The maximum absolute atomic E-state index is 13.1. The summed E-state index contributed by atoms with van der Waals surface area (Å²) in [5.41, 5.74) is 8.39. The fourth-order valence-electron chi connectivity index (χ4n) is 3.48. The fourth-order valence-corrected chi connectivity index (χ4v) is 4.03. The number of ether oxygens (including phenoxy) is 2. The standard InChI is InChI=1S/C22H36BrN3O3/c1-13(2)28-20(27)18(29-21(4,5)6)15-17(16(23)14(3)25-19(15)24)26-11-9-22(7,8)10-12-26/h13,18H,9-12H2,1-8H3,(H2,24,25). The van der Waals surface area contributed by atoms with E-state index in [-0.39, 0.29) is 6.10 Å². The number of aromatic nitrogens is 1. The number of nitrogens with zero attached hydrogens (tertiary/aromatic N) is 2. The first-order valence-corrected chi connectivity index (χ1v) is 11.1. The molecule has 0 amide bonds.